The molecule has 126 valence electrons. The first-order valence-corrected chi connectivity index (χ1v) is 8.72. The van der Waals surface area contributed by atoms with Gasteiger partial charge in [-0.1, -0.05) is 31.9 Å². The quantitative estimate of drug-likeness (QED) is 0.542. The van der Waals surface area contributed by atoms with Gasteiger partial charge in [0.1, 0.15) is 0 Å². The van der Waals surface area contributed by atoms with Gasteiger partial charge in [-0.05, 0) is 51.4 Å². The predicted molar refractivity (Wildman–Crippen MR) is 90.8 cm³/mol. The Hall–Kier alpha value is -1.68. The van der Waals surface area contributed by atoms with Crippen LogP contribution in [0.25, 0.3) is 0 Å². The summed E-state index contributed by atoms with van der Waals surface area (Å²) in [5.74, 6) is -0.163. The molecule has 1 unspecified atom stereocenters. The number of likely N-dealkylation sites (tertiary alicyclic amines) is 1. The van der Waals surface area contributed by atoms with Crippen LogP contribution in [0.1, 0.15) is 66.7 Å². The zero-order valence-corrected chi connectivity index (χ0v) is 14.2. The molecule has 0 aliphatic carbocycles. The lowest BCUT2D eigenvalue weighted by molar-refractivity contribution is 0.0526. The molecule has 1 heterocycles. The second-order valence-electron chi connectivity index (χ2n) is 6.06. The van der Waals surface area contributed by atoms with Gasteiger partial charge in [0.05, 0.1) is 18.2 Å². The van der Waals surface area contributed by atoms with Crippen LogP contribution in [0.3, 0.4) is 0 Å². The van der Waals surface area contributed by atoms with Crippen molar-refractivity contribution in [3.8, 4) is 0 Å². The lowest BCUT2D eigenvalue weighted by atomic mass is 9.97. The van der Waals surface area contributed by atoms with E-state index >= 15 is 0 Å². The SMILES string of the molecule is CCCCC(C(=O)c1ccc(C(=O)OCC)cc1)N1CCCC1. The molecule has 0 bridgehead atoms. The normalized spacial score (nSPS) is 16.3. The molecule has 1 aliphatic heterocycles. The first-order chi connectivity index (χ1) is 11.2. The average Bonchev–Trinajstić information content (AvgIpc) is 3.09. The Morgan fingerprint density at radius 2 is 1.70 bits per heavy atom. The first-order valence-electron chi connectivity index (χ1n) is 8.72. The summed E-state index contributed by atoms with van der Waals surface area (Å²) < 4.78 is 4.98. The number of esters is 1. The van der Waals surface area contributed by atoms with E-state index in [9.17, 15) is 9.59 Å². The Balaban J connectivity index is 2.10. The maximum Gasteiger partial charge on any atom is 0.338 e. The van der Waals surface area contributed by atoms with E-state index in [2.05, 4.69) is 11.8 Å². The fourth-order valence-electron chi connectivity index (χ4n) is 3.11. The van der Waals surface area contributed by atoms with E-state index in [1.807, 2.05) is 0 Å². The van der Waals surface area contributed by atoms with Gasteiger partial charge in [-0.15, -0.1) is 0 Å². The summed E-state index contributed by atoms with van der Waals surface area (Å²) in [4.78, 5) is 26.9. The smallest absolute Gasteiger partial charge is 0.338 e. The fraction of sp³-hybridized carbons (Fsp3) is 0.579. The van der Waals surface area contributed by atoms with Gasteiger partial charge in [-0.2, -0.15) is 0 Å². The highest BCUT2D eigenvalue weighted by molar-refractivity contribution is 6.01. The average molecular weight is 317 g/mol. The van der Waals surface area contributed by atoms with E-state index < -0.39 is 0 Å². The number of unbranched alkanes of at least 4 members (excludes halogenated alkanes) is 1. The molecule has 2 rings (SSSR count). The minimum Gasteiger partial charge on any atom is -0.462 e. The van der Waals surface area contributed by atoms with Crippen LogP contribution >= 0.6 is 0 Å². The monoisotopic (exact) mass is 317 g/mol. The Bertz CT molecular complexity index is 518. The van der Waals surface area contributed by atoms with Gasteiger partial charge in [0, 0.05) is 5.56 Å². The van der Waals surface area contributed by atoms with Gasteiger partial charge in [-0.25, -0.2) is 4.79 Å². The van der Waals surface area contributed by atoms with Crippen LogP contribution in [0, 0.1) is 0 Å². The molecule has 0 amide bonds. The second-order valence-corrected chi connectivity index (χ2v) is 6.06. The van der Waals surface area contributed by atoms with Crippen molar-refractivity contribution in [2.24, 2.45) is 0 Å². The standard InChI is InChI=1S/C19H27NO3/c1-3-5-8-17(20-13-6-7-14-20)18(21)15-9-11-16(12-10-15)19(22)23-4-2/h9-12,17H,3-8,13-14H2,1-2H3. The summed E-state index contributed by atoms with van der Waals surface area (Å²) in [6.45, 7) is 6.32. The van der Waals surface area contributed by atoms with Crippen molar-refractivity contribution in [2.75, 3.05) is 19.7 Å². The van der Waals surface area contributed by atoms with E-state index in [0.717, 1.165) is 32.4 Å². The largest absolute Gasteiger partial charge is 0.462 e. The number of carbonyl (C=O) groups excluding carboxylic acids is 2. The summed E-state index contributed by atoms with van der Waals surface area (Å²) in [6, 6.07) is 6.86. The zero-order chi connectivity index (χ0) is 16.7. The van der Waals surface area contributed by atoms with Crippen LogP contribution in [0.5, 0.6) is 0 Å². The van der Waals surface area contributed by atoms with E-state index in [4.69, 9.17) is 4.74 Å². The third-order valence-electron chi connectivity index (χ3n) is 4.40. The van der Waals surface area contributed by atoms with E-state index in [0.29, 0.717) is 17.7 Å². The molecule has 1 fully saturated rings. The number of carbonyl (C=O) groups is 2. The molecule has 0 N–H and O–H groups in total. The molecule has 1 aromatic carbocycles. The van der Waals surface area contributed by atoms with Crippen molar-refractivity contribution in [3.63, 3.8) is 0 Å². The Kier molecular flexibility index (Phi) is 6.78. The highest BCUT2D eigenvalue weighted by atomic mass is 16.5. The Morgan fingerprint density at radius 3 is 2.26 bits per heavy atom. The van der Waals surface area contributed by atoms with Gasteiger partial charge in [0.2, 0.25) is 0 Å². The lowest BCUT2D eigenvalue weighted by Crippen LogP contribution is -2.39. The molecular weight excluding hydrogens is 290 g/mol. The third-order valence-corrected chi connectivity index (χ3v) is 4.40. The minimum absolute atomic E-state index is 0.0223. The molecule has 4 nitrogen and oxygen atoms in total. The summed E-state index contributed by atoms with van der Waals surface area (Å²) in [6.07, 6.45) is 5.43. The number of hydrogen-bond donors (Lipinski definition) is 0. The van der Waals surface area contributed by atoms with E-state index in [1.54, 1.807) is 31.2 Å². The van der Waals surface area contributed by atoms with Crippen LogP contribution in [0.15, 0.2) is 24.3 Å². The van der Waals surface area contributed by atoms with Crippen LogP contribution in [0.4, 0.5) is 0 Å². The molecule has 1 aliphatic rings. The van der Waals surface area contributed by atoms with Crippen molar-refractivity contribution >= 4 is 11.8 Å². The van der Waals surface area contributed by atoms with E-state index in [1.165, 1.54) is 12.8 Å². The fourth-order valence-corrected chi connectivity index (χ4v) is 3.11. The summed E-state index contributed by atoms with van der Waals surface area (Å²) in [5.41, 5.74) is 1.18. The number of ketones is 1. The number of hydrogen-bond acceptors (Lipinski definition) is 4. The number of nitrogens with zero attached hydrogens (tertiary/aromatic N) is 1. The van der Waals surface area contributed by atoms with Crippen LogP contribution in [-0.4, -0.2) is 42.4 Å². The number of ether oxygens (including phenoxy) is 1. The van der Waals surface area contributed by atoms with Crippen LogP contribution in [0.2, 0.25) is 0 Å². The van der Waals surface area contributed by atoms with Crippen molar-refractivity contribution in [1.82, 2.24) is 4.90 Å². The minimum atomic E-state index is -0.339. The molecule has 1 aromatic rings. The van der Waals surface area contributed by atoms with E-state index in [-0.39, 0.29) is 17.8 Å². The predicted octanol–water partition coefficient (Wildman–Crippen LogP) is 3.70. The van der Waals surface area contributed by atoms with Crippen molar-refractivity contribution < 1.29 is 14.3 Å². The van der Waals surface area contributed by atoms with Crippen molar-refractivity contribution in [1.29, 1.82) is 0 Å². The molecule has 4 heteroatoms. The molecule has 1 saturated heterocycles. The highest BCUT2D eigenvalue weighted by Gasteiger charge is 2.28. The van der Waals surface area contributed by atoms with Crippen LogP contribution < -0.4 is 0 Å². The lowest BCUT2D eigenvalue weighted by Gasteiger charge is -2.26. The Labute approximate surface area is 138 Å². The third kappa shape index (κ3) is 4.64. The van der Waals surface area contributed by atoms with Gasteiger partial charge in [-0.3, -0.25) is 9.69 Å². The Morgan fingerprint density at radius 1 is 1.09 bits per heavy atom. The van der Waals surface area contributed by atoms with Gasteiger partial charge < -0.3 is 4.74 Å². The number of benzene rings is 1. The van der Waals surface area contributed by atoms with Crippen molar-refractivity contribution in [3.05, 3.63) is 35.4 Å². The summed E-state index contributed by atoms with van der Waals surface area (Å²) in [7, 11) is 0. The number of rotatable bonds is 8. The maximum absolute atomic E-state index is 12.9. The molecule has 23 heavy (non-hydrogen) atoms. The maximum atomic E-state index is 12.9. The molecule has 0 saturated carbocycles. The molecular formula is C19H27NO3. The van der Waals surface area contributed by atoms with Crippen molar-refractivity contribution in [2.45, 2.75) is 52.0 Å². The summed E-state index contributed by atoms with van der Waals surface area (Å²) >= 11 is 0. The summed E-state index contributed by atoms with van der Waals surface area (Å²) in [5, 5.41) is 0. The molecule has 0 spiro atoms. The van der Waals surface area contributed by atoms with Gasteiger partial charge in [0.15, 0.2) is 5.78 Å². The molecule has 0 radical (unpaired) electrons. The highest BCUT2D eigenvalue weighted by Crippen LogP contribution is 2.20. The zero-order valence-electron chi connectivity index (χ0n) is 14.2. The second kappa shape index (κ2) is 8.82. The molecule has 0 aromatic heterocycles. The topological polar surface area (TPSA) is 46.6 Å². The first kappa shape index (κ1) is 17.7. The van der Waals surface area contributed by atoms with Gasteiger partial charge in [0.25, 0.3) is 0 Å². The molecule has 1 atom stereocenters. The van der Waals surface area contributed by atoms with Gasteiger partial charge >= 0.3 is 5.97 Å². The van der Waals surface area contributed by atoms with Crippen LogP contribution in [-0.2, 0) is 4.74 Å². The number of Topliss-reactive ketones (excluding diaryl/α,β-unsaturated/α-hetero) is 1.